The zero-order valence-electron chi connectivity index (χ0n) is 15.9. The van der Waals surface area contributed by atoms with Gasteiger partial charge in [-0.15, -0.1) is 23.5 Å². The Labute approximate surface area is 196 Å². The molecule has 8 heteroatoms. The van der Waals surface area contributed by atoms with Crippen LogP contribution in [0.15, 0.2) is 0 Å². The molecule has 0 bridgehead atoms. The fraction of sp³-hybridized carbons (Fsp3) is 1.00. The zero-order valence-corrected chi connectivity index (χ0v) is 22.7. The van der Waals surface area contributed by atoms with Gasteiger partial charge in [-0.1, -0.05) is 27.7 Å². The number of rotatable bonds is 16. The lowest BCUT2D eigenvalue weighted by Gasteiger charge is -2.34. The van der Waals surface area contributed by atoms with Crippen LogP contribution < -0.4 is 0 Å². The van der Waals surface area contributed by atoms with E-state index in [0.29, 0.717) is 21.0 Å². The molecule has 0 radical (unpaired) electrons. The SMILES string of the molecule is CC(S)CSCCC(CCSCC(C)S)(SCC(C)S)SCC(C)S. The van der Waals surface area contributed by atoms with Crippen molar-refractivity contribution in [3.63, 3.8) is 0 Å². The van der Waals surface area contributed by atoms with Gasteiger partial charge in [0.15, 0.2) is 0 Å². The molecule has 0 heterocycles. The third-order valence-corrected chi connectivity index (χ3v) is 11.2. The zero-order chi connectivity index (χ0) is 19.3. The molecule has 0 N–H and O–H groups in total. The highest BCUT2D eigenvalue weighted by Gasteiger charge is 2.31. The van der Waals surface area contributed by atoms with Crippen LogP contribution in [0.1, 0.15) is 40.5 Å². The van der Waals surface area contributed by atoms with E-state index in [-0.39, 0.29) is 4.08 Å². The van der Waals surface area contributed by atoms with Crippen molar-refractivity contribution in [1.82, 2.24) is 0 Å². The Morgan fingerprint density at radius 1 is 0.600 bits per heavy atom. The molecule has 0 aromatic rings. The van der Waals surface area contributed by atoms with Gasteiger partial charge in [0.25, 0.3) is 0 Å². The van der Waals surface area contributed by atoms with Crippen molar-refractivity contribution in [3.05, 3.63) is 0 Å². The largest absolute Gasteiger partial charge is 0.175 e. The first kappa shape index (κ1) is 27.8. The van der Waals surface area contributed by atoms with Crippen molar-refractivity contribution >= 4 is 97.6 Å². The standard InChI is InChI=1S/C17H36S8/c1-13(18)9-22-7-5-17(24-11-15(3)20,25-12-16(4)21)6-8-23-10-14(2)19/h13-16,18-21H,5-12H2,1-4H3. The molecule has 0 saturated heterocycles. The van der Waals surface area contributed by atoms with E-state index in [9.17, 15) is 0 Å². The Bertz CT molecular complexity index is 277. The van der Waals surface area contributed by atoms with Crippen molar-refractivity contribution < 1.29 is 0 Å². The molecule has 0 saturated carbocycles. The smallest absolute Gasteiger partial charge is 0.0627 e. The fourth-order valence-electron chi connectivity index (χ4n) is 1.96. The molecule has 0 amide bonds. The average Bonchev–Trinajstić information content (AvgIpc) is 2.50. The van der Waals surface area contributed by atoms with Crippen molar-refractivity contribution in [2.75, 3.05) is 34.5 Å². The molecule has 4 unspecified atom stereocenters. The van der Waals surface area contributed by atoms with E-state index in [1.807, 2.05) is 23.5 Å². The molecule has 0 rings (SSSR count). The Balaban J connectivity index is 4.78. The summed E-state index contributed by atoms with van der Waals surface area (Å²) in [6, 6.07) is 0. The molecular weight excluding hydrogens is 461 g/mol. The summed E-state index contributed by atoms with van der Waals surface area (Å²) in [4.78, 5) is 0. The summed E-state index contributed by atoms with van der Waals surface area (Å²) >= 11 is 26.6. The molecule has 0 aromatic carbocycles. The van der Waals surface area contributed by atoms with Gasteiger partial charge in [-0.05, 0) is 24.3 Å². The Morgan fingerprint density at radius 2 is 0.920 bits per heavy atom. The Kier molecular flexibility index (Phi) is 18.4. The lowest BCUT2D eigenvalue weighted by atomic mass is 10.2. The Hall–Kier alpha value is 2.80. The molecule has 0 aliphatic heterocycles. The van der Waals surface area contributed by atoms with E-state index >= 15 is 0 Å². The molecule has 0 fully saturated rings. The van der Waals surface area contributed by atoms with Gasteiger partial charge in [-0.25, -0.2) is 0 Å². The highest BCUT2D eigenvalue weighted by Crippen LogP contribution is 2.46. The maximum Gasteiger partial charge on any atom is 0.0627 e. The van der Waals surface area contributed by atoms with E-state index in [1.54, 1.807) is 0 Å². The second-order valence-corrected chi connectivity index (χ2v) is 15.5. The van der Waals surface area contributed by atoms with Crippen LogP contribution >= 0.6 is 97.6 Å². The van der Waals surface area contributed by atoms with Crippen LogP contribution in [-0.2, 0) is 0 Å². The normalized spacial score (nSPS) is 19.2. The van der Waals surface area contributed by atoms with Gasteiger partial charge in [-0.3, -0.25) is 0 Å². The van der Waals surface area contributed by atoms with Crippen molar-refractivity contribution in [1.29, 1.82) is 0 Å². The fourth-order valence-corrected chi connectivity index (χ4v) is 8.38. The van der Waals surface area contributed by atoms with Gasteiger partial charge in [-0.2, -0.15) is 74.0 Å². The van der Waals surface area contributed by atoms with Crippen LogP contribution in [0.2, 0.25) is 0 Å². The summed E-state index contributed by atoms with van der Waals surface area (Å²) < 4.78 is 0.285. The van der Waals surface area contributed by atoms with Gasteiger partial charge < -0.3 is 0 Å². The van der Waals surface area contributed by atoms with Crippen molar-refractivity contribution in [2.24, 2.45) is 0 Å². The van der Waals surface area contributed by atoms with Crippen LogP contribution in [0.5, 0.6) is 0 Å². The van der Waals surface area contributed by atoms with Gasteiger partial charge in [0, 0.05) is 44.0 Å². The van der Waals surface area contributed by atoms with Crippen LogP contribution in [0.25, 0.3) is 0 Å². The highest BCUT2D eigenvalue weighted by atomic mass is 32.2. The molecule has 0 aliphatic carbocycles. The van der Waals surface area contributed by atoms with E-state index in [4.69, 9.17) is 0 Å². The van der Waals surface area contributed by atoms with Crippen molar-refractivity contribution in [3.8, 4) is 0 Å². The number of hydrogen-bond acceptors (Lipinski definition) is 8. The summed E-state index contributed by atoms with van der Waals surface area (Å²) in [5.41, 5.74) is 0. The van der Waals surface area contributed by atoms with Crippen LogP contribution in [0, 0.1) is 0 Å². The predicted molar refractivity (Wildman–Crippen MR) is 145 cm³/mol. The molecule has 0 aliphatic rings. The maximum atomic E-state index is 4.62. The van der Waals surface area contributed by atoms with Gasteiger partial charge in [0.05, 0.1) is 4.08 Å². The molecule has 0 nitrogen and oxygen atoms in total. The van der Waals surface area contributed by atoms with E-state index in [2.05, 4.69) is 102 Å². The van der Waals surface area contributed by atoms with E-state index in [1.165, 1.54) is 24.3 Å². The third kappa shape index (κ3) is 17.4. The second-order valence-electron chi connectivity index (χ2n) is 6.58. The summed E-state index contributed by atoms with van der Waals surface area (Å²) in [5.74, 6) is 6.90. The summed E-state index contributed by atoms with van der Waals surface area (Å²) in [7, 11) is 0. The minimum Gasteiger partial charge on any atom is -0.175 e. The second kappa shape index (κ2) is 16.6. The molecule has 0 aromatic heterocycles. The van der Waals surface area contributed by atoms with Crippen molar-refractivity contribution in [2.45, 2.75) is 65.6 Å². The maximum absolute atomic E-state index is 4.62. The molecule has 0 spiro atoms. The van der Waals surface area contributed by atoms with E-state index in [0.717, 1.165) is 23.0 Å². The van der Waals surface area contributed by atoms with E-state index < -0.39 is 0 Å². The minimum atomic E-state index is 0.285. The first-order chi connectivity index (χ1) is 11.7. The summed E-state index contributed by atoms with van der Waals surface area (Å²) in [6.07, 6.45) is 2.48. The molecule has 25 heavy (non-hydrogen) atoms. The summed E-state index contributed by atoms with van der Waals surface area (Å²) in [5, 5.41) is 1.83. The average molecular weight is 497 g/mol. The minimum absolute atomic E-state index is 0.285. The lowest BCUT2D eigenvalue weighted by Crippen LogP contribution is -2.26. The quantitative estimate of drug-likeness (QED) is 0.107. The summed E-state index contributed by atoms with van der Waals surface area (Å²) in [6.45, 7) is 8.74. The number of thioether (sulfide) groups is 4. The number of hydrogen-bond donors (Lipinski definition) is 4. The van der Waals surface area contributed by atoms with Crippen LogP contribution in [-0.4, -0.2) is 59.6 Å². The van der Waals surface area contributed by atoms with Gasteiger partial charge >= 0.3 is 0 Å². The molecule has 4 atom stereocenters. The Morgan fingerprint density at radius 3 is 1.20 bits per heavy atom. The third-order valence-electron chi connectivity index (χ3n) is 3.15. The first-order valence-electron chi connectivity index (χ1n) is 8.82. The number of thiol groups is 4. The highest BCUT2D eigenvalue weighted by molar-refractivity contribution is 8.18. The van der Waals surface area contributed by atoms with Crippen LogP contribution in [0.4, 0.5) is 0 Å². The van der Waals surface area contributed by atoms with Gasteiger partial charge in [0.2, 0.25) is 0 Å². The molecule has 152 valence electrons. The first-order valence-corrected chi connectivity index (χ1v) is 15.2. The topological polar surface area (TPSA) is 0 Å². The monoisotopic (exact) mass is 496 g/mol. The van der Waals surface area contributed by atoms with Gasteiger partial charge in [0.1, 0.15) is 0 Å². The van der Waals surface area contributed by atoms with Crippen LogP contribution in [0.3, 0.4) is 0 Å². The lowest BCUT2D eigenvalue weighted by molar-refractivity contribution is 0.749. The predicted octanol–water partition coefficient (Wildman–Crippen LogP) is 6.67. The molecular formula is C17H36S8.